The van der Waals surface area contributed by atoms with Gasteiger partial charge < -0.3 is 14.9 Å². The van der Waals surface area contributed by atoms with E-state index in [4.69, 9.17) is 14.9 Å². The SMILES string of the molecule is C=CC(=O)C(C)CC.CCCCCCCOc1ccc(CCC(=O)Oc2ccc(C3CCC(CCC)CC3)cc2C=N)cc1. The van der Waals surface area contributed by atoms with E-state index < -0.39 is 0 Å². The van der Waals surface area contributed by atoms with Crippen molar-refractivity contribution in [2.75, 3.05) is 6.61 Å². The first kappa shape index (κ1) is 37.0. The lowest BCUT2D eigenvalue weighted by molar-refractivity contribution is -0.134. The van der Waals surface area contributed by atoms with Crippen molar-refractivity contribution >= 4 is 18.0 Å². The maximum Gasteiger partial charge on any atom is 0.311 e. The number of carbonyl (C=O) groups excluding carboxylic acids is 2. The molecule has 1 fully saturated rings. The van der Waals surface area contributed by atoms with Crippen LogP contribution >= 0.6 is 0 Å². The topological polar surface area (TPSA) is 76.5 Å². The van der Waals surface area contributed by atoms with E-state index in [9.17, 15) is 9.59 Å². The van der Waals surface area contributed by atoms with Crippen LogP contribution in [0.3, 0.4) is 0 Å². The van der Waals surface area contributed by atoms with Crippen molar-refractivity contribution in [2.45, 2.75) is 124 Å². The Morgan fingerprint density at radius 2 is 1.66 bits per heavy atom. The number of ether oxygens (including phenoxy) is 2. The molecule has 1 atom stereocenters. The van der Waals surface area contributed by atoms with Gasteiger partial charge in [-0.1, -0.05) is 91.0 Å². The van der Waals surface area contributed by atoms with Gasteiger partial charge in [0.25, 0.3) is 0 Å². The fourth-order valence-corrected chi connectivity index (χ4v) is 5.69. The summed E-state index contributed by atoms with van der Waals surface area (Å²) in [6.45, 7) is 12.5. The van der Waals surface area contributed by atoms with Gasteiger partial charge in [-0.2, -0.15) is 0 Å². The second-order valence-corrected chi connectivity index (χ2v) is 12.2. The minimum atomic E-state index is -0.265. The standard InChI is InChI=1S/C32H45NO3.C7H12O/c1-3-5-6-7-8-22-35-30-18-12-26(13-19-30)14-21-32(34)36-31-20-17-28(23-29(31)24-33)27-15-10-25(9-4-2)11-16-27;1-4-6(3)7(8)5-2/h12-13,17-20,23-25,27,33H,3-11,14-16,21-22H2,1-2H3;5-6H,2,4H2,1,3H3. The largest absolute Gasteiger partial charge is 0.494 e. The molecule has 1 aliphatic carbocycles. The van der Waals surface area contributed by atoms with Crippen LogP contribution in [0.1, 0.15) is 134 Å². The van der Waals surface area contributed by atoms with Crippen LogP contribution in [0.25, 0.3) is 0 Å². The quantitative estimate of drug-likeness (QED) is 0.0604. The van der Waals surface area contributed by atoms with Crippen LogP contribution in [0.2, 0.25) is 0 Å². The Labute approximate surface area is 267 Å². The van der Waals surface area contributed by atoms with E-state index >= 15 is 0 Å². The molecule has 0 amide bonds. The maximum atomic E-state index is 12.5. The molecule has 44 heavy (non-hydrogen) atoms. The summed E-state index contributed by atoms with van der Waals surface area (Å²) in [5.74, 6) is 2.83. The molecule has 1 aliphatic rings. The lowest BCUT2D eigenvalue weighted by Crippen LogP contribution is -2.14. The Bertz CT molecular complexity index is 1130. The smallest absolute Gasteiger partial charge is 0.311 e. The highest BCUT2D eigenvalue weighted by Gasteiger charge is 2.22. The highest BCUT2D eigenvalue weighted by molar-refractivity contribution is 5.90. The predicted octanol–water partition coefficient (Wildman–Crippen LogP) is 10.4. The molecule has 242 valence electrons. The molecule has 0 spiro atoms. The van der Waals surface area contributed by atoms with E-state index in [1.165, 1.54) is 82.1 Å². The monoisotopic (exact) mass is 603 g/mol. The van der Waals surface area contributed by atoms with Crippen LogP contribution in [0.4, 0.5) is 0 Å². The summed E-state index contributed by atoms with van der Waals surface area (Å²) in [5.41, 5.74) is 3.04. The zero-order valence-corrected chi connectivity index (χ0v) is 27.9. The van der Waals surface area contributed by atoms with Crippen molar-refractivity contribution in [1.82, 2.24) is 0 Å². The number of benzene rings is 2. The molecule has 0 bridgehead atoms. The van der Waals surface area contributed by atoms with Gasteiger partial charge in [-0.05, 0) is 98.2 Å². The highest BCUT2D eigenvalue weighted by Crippen LogP contribution is 2.38. The van der Waals surface area contributed by atoms with Crippen LogP contribution < -0.4 is 9.47 Å². The van der Waals surface area contributed by atoms with Crippen molar-refractivity contribution < 1.29 is 19.1 Å². The van der Waals surface area contributed by atoms with Crippen molar-refractivity contribution in [2.24, 2.45) is 11.8 Å². The molecule has 1 unspecified atom stereocenters. The number of unbranched alkanes of at least 4 members (excludes halogenated alkanes) is 4. The average molecular weight is 604 g/mol. The van der Waals surface area contributed by atoms with Crippen molar-refractivity contribution in [3.8, 4) is 11.5 Å². The van der Waals surface area contributed by atoms with Crippen LogP contribution in [0, 0.1) is 17.2 Å². The molecule has 5 heteroatoms. The normalized spacial score (nSPS) is 16.6. The Balaban J connectivity index is 0.000000742. The lowest BCUT2D eigenvalue weighted by Gasteiger charge is -2.29. The first-order chi connectivity index (χ1) is 21.3. The zero-order chi connectivity index (χ0) is 32.2. The summed E-state index contributed by atoms with van der Waals surface area (Å²) in [6, 6.07) is 14.0. The number of hydrogen-bond acceptors (Lipinski definition) is 5. The molecule has 0 saturated heterocycles. The molecule has 5 nitrogen and oxygen atoms in total. The second-order valence-electron chi connectivity index (χ2n) is 12.2. The maximum absolute atomic E-state index is 12.5. The van der Waals surface area contributed by atoms with Crippen molar-refractivity contribution in [3.05, 3.63) is 71.8 Å². The van der Waals surface area contributed by atoms with Gasteiger partial charge in [0.15, 0.2) is 5.78 Å². The second kappa shape index (κ2) is 21.5. The van der Waals surface area contributed by atoms with Gasteiger partial charge in [0.1, 0.15) is 11.5 Å². The first-order valence-corrected chi connectivity index (χ1v) is 17.1. The van der Waals surface area contributed by atoms with Crippen LogP contribution in [0.15, 0.2) is 55.1 Å². The van der Waals surface area contributed by atoms with Crippen molar-refractivity contribution in [1.29, 1.82) is 5.41 Å². The van der Waals surface area contributed by atoms with E-state index in [-0.39, 0.29) is 17.7 Å². The number of aryl methyl sites for hydroxylation is 1. The summed E-state index contributed by atoms with van der Waals surface area (Å²) in [5, 5.41) is 7.84. The number of allylic oxidation sites excluding steroid dienone is 1. The van der Waals surface area contributed by atoms with Gasteiger partial charge >= 0.3 is 5.97 Å². The lowest BCUT2D eigenvalue weighted by atomic mass is 9.77. The van der Waals surface area contributed by atoms with E-state index in [1.807, 2.05) is 50.2 Å². The highest BCUT2D eigenvalue weighted by atomic mass is 16.5. The Morgan fingerprint density at radius 1 is 0.955 bits per heavy atom. The number of ketones is 1. The van der Waals surface area contributed by atoms with Gasteiger partial charge in [-0.25, -0.2) is 0 Å². The van der Waals surface area contributed by atoms with E-state index in [0.717, 1.165) is 36.7 Å². The molecule has 0 aromatic heterocycles. The molecule has 0 radical (unpaired) electrons. The molecular formula is C39H57NO4. The summed E-state index contributed by atoms with van der Waals surface area (Å²) < 4.78 is 11.5. The van der Waals surface area contributed by atoms with Crippen LogP contribution in [-0.4, -0.2) is 24.6 Å². The van der Waals surface area contributed by atoms with Crippen molar-refractivity contribution in [3.63, 3.8) is 0 Å². The Hall–Kier alpha value is -3.21. The minimum absolute atomic E-state index is 0.146. The molecule has 0 heterocycles. The zero-order valence-electron chi connectivity index (χ0n) is 27.9. The first-order valence-electron chi connectivity index (χ1n) is 17.1. The number of hydrogen-bond donors (Lipinski definition) is 1. The van der Waals surface area contributed by atoms with E-state index in [2.05, 4.69) is 26.5 Å². The van der Waals surface area contributed by atoms with Gasteiger partial charge in [-0.3, -0.25) is 9.59 Å². The summed E-state index contributed by atoms with van der Waals surface area (Å²) in [4.78, 5) is 23.2. The molecule has 1 saturated carbocycles. The third-order valence-electron chi connectivity index (χ3n) is 8.79. The number of nitrogens with one attached hydrogen (secondary N) is 1. The summed E-state index contributed by atoms with van der Waals surface area (Å²) in [7, 11) is 0. The average Bonchev–Trinajstić information content (AvgIpc) is 3.06. The predicted molar refractivity (Wildman–Crippen MR) is 183 cm³/mol. The van der Waals surface area contributed by atoms with E-state index in [1.54, 1.807) is 0 Å². The molecular weight excluding hydrogens is 546 g/mol. The Kier molecular flexibility index (Phi) is 18.1. The number of esters is 1. The third-order valence-corrected chi connectivity index (χ3v) is 8.79. The van der Waals surface area contributed by atoms with Gasteiger partial charge in [0.05, 0.1) is 6.61 Å². The number of carbonyl (C=O) groups is 2. The van der Waals surface area contributed by atoms with E-state index in [0.29, 0.717) is 30.1 Å². The third kappa shape index (κ3) is 13.6. The summed E-state index contributed by atoms with van der Waals surface area (Å²) in [6.07, 6.45) is 18.3. The number of rotatable bonds is 18. The minimum Gasteiger partial charge on any atom is -0.494 e. The molecule has 2 aromatic rings. The molecule has 2 aromatic carbocycles. The molecule has 0 aliphatic heterocycles. The Morgan fingerprint density at radius 3 is 2.25 bits per heavy atom. The van der Waals surface area contributed by atoms with Crippen LogP contribution in [0.5, 0.6) is 11.5 Å². The molecule has 1 N–H and O–H groups in total. The molecule has 3 rings (SSSR count). The fraction of sp³-hybridized carbons (Fsp3) is 0.564. The van der Waals surface area contributed by atoms with Gasteiger partial charge in [0.2, 0.25) is 0 Å². The van der Waals surface area contributed by atoms with Gasteiger partial charge in [-0.15, -0.1) is 0 Å². The fourth-order valence-electron chi connectivity index (χ4n) is 5.69. The summed E-state index contributed by atoms with van der Waals surface area (Å²) >= 11 is 0. The van der Waals surface area contributed by atoms with Gasteiger partial charge in [0, 0.05) is 24.1 Å². The van der Waals surface area contributed by atoms with Crippen LogP contribution in [-0.2, 0) is 16.0 Å².